The lowest BCUT2D eigenvalue weighted by molar-refractivity contribution is -0.117. The van der Waals surface area contributed by atoms with Crippen LogP contribution in [0.25, 0.3) is 0 Å². The Morgan fingerprint density at radius 1 is 1.53 bits per heavy atom. The third-order valence-electron chi connectivity index (χ3n) is 2.13. The van der Waals surface area contributed by atoms with E-state index in [4.69, 9.17) is 0 Å². The summed E-state index contributed by atoms with van der Waals surface area (Å²) < 4.78 is 28.3. The standard InChI is InChI=1S/C12H13F2NO2/c1-3-11(16)15-8(2)9-5-4-6-10(7-9)17-12(13)14/h3-8,12H,1H2,2H3,(H,15,16). The first-order chi connectivity index (χ1) is 8.02. The van der Waals surface area contributed by atoms with Crippen LogP contribution in [0.1, 0.15) is 18.5 Å². The third-order valence-corrected chi connectivity index (χ3v) is 2.13. The number of hydrogen-bond acceptors (Lipinski definition) is 2. The van der Waals surface area contributed by atoms with E-state index in [2.05, 4.69) is 16.6 Å². The fourth-order valence-electron chi connectivity index (χ4n) is 1.32. The number of carbonyl (C=O) groups is 1. The van der Waals surface area contributed by atoms with Crippen molar-refractivity contribution >= 4 is 5.91 Å². The largest absolute Gasteiger partial charge is 0.435 e. The van der Waals surface area contributed by atoms with Crippen molar-refractivity contribution in [3.8, 4) is 5.75 Å². The van der Waals surface area contributed by atoms with Gasteiger partial charge in [-0.05, 0) is 30.7 Å². The van der Waals surface area contributed by atoms with E-state index < -0.39 is 6.61 Å². The molecule has 0 aliphatic heterocycles. The van der Waals surface area contributed by atoms with Crippen LogP contribution in [-0.4, -0.2) is 12.5 Å². The van der Waals surface area contributed by atoms with Crippen LogP contribution in [-0.2, 0) is 4.79 Å². The highest BCUT2D eigenvalue weighted by Crippen LogP contribution is 2.20. The zero-order chi connectivity index (χ0) is 12.8. The summed E-state index contributed by atoms with van der Waals surface area (Å²) in [5, 5.41) is 2.63. The molecule has 17 heavy (non-hydrogen) atoms. The molecule has 1 aromatic carbocycles. The minimum atomic E-state index is -2.86. The summed E-state index contributed by atoms with van der Waals surface area (Å²) in [5.74, 6) is -0.255. The topological polar surface area (TPSA) is 38.3 Å². The molecule has 0 bridgehead atoms. The number of rotatable bonds is 5. The molecule has 0 spiro atoms. The number of nitrogens with one attached hydrogen (secondary N) is 1. The first kappa shape index (κ1) is 13.2. The van der Waals surface area contributed by atoms with Crippen molar-refractivity contribution in [2.75, 3.05) is 0 Å². The van der Waals surface area contributed by atoms with E-state index in [0.717, 1.165) is 6.08 Å². The maximum atomic E-state index is 12.0. The van der Waals surface area contributed by atoms with Gasteiger partial charge in [-0.15, -0.1) is 0 Å². The second-order valence-electron chi connectivity index (χ2n) is 3.39. The van der Waals surface area contributed by atoms with E-state index in [1.165, 1.54) is 12.1 Å². The van der Waals surface area contributed by atoms with Crippen LogP contribution in [0.2, 0.25) is 0 Å². The van der Waals surface area contributed by atoms with Gasteiger partial charge in [0.25, 0.3) is 0 Å². The van der Waals surface area contributed by atoms with Crippen molar-refractivity contribution in [1.29, 1.82) is 0 Å². The second-order valence-corrected chi connectivity index (χ2v) is 3.39. The average Bonchev–Trinajstić information content (AvgIpc) is 2.28. The molecular formula is C12H13F2NO2. The lowest BCUT2D eigenvalue weighted by Gasteiger charge is -2.14. The summed E-state index contributed by atoms with van der Waals surface area (Å²) in [6, 6.07) is 5.88. The lowest BCUT2D eigenvalue weighted by Crippen LogP contribution is -2.24. The molecule has 0 saturated carbocycles. The fourth-order valence-corrected chi connectivity index (χ4v) is 1.32. The van der Waals surface area contributed by atoms with Gasteiger partial charge in [0, 0.05) is 0 Å². The Morgan fingerprint density at radius 2 is 2.24 bits per heavy atom. The highest BCUT2D eigenvalue weighted by atomic mass is 19.3. The zero-order valence-corrected chi connectivity index (χ0v) is 9.32. The van der Waals surface area contributed by atoms with Gasteiger partial charge in [-0.1, -0.05) is 18.7 Å². The van der Waals surface area contributed by atoms with Crippen LogP contribution in [0.15, 0.2) is 36.9 Å². The number of alkyl halides is 2. The molecule has 0 aliphatic carbocycles. The van der Waals surface area contributed by atoms with Gasteiger partial charge in [0.15, 0.2) is 0 Å². The highest BCUT2D eigenvalue weighted by molar-refractivity contribution is 5.87. The predicted octanol–water partition coefficient (Wildman–Crippen LogP) is 2.65. The maximum absolute atomic E-state index is 12.0. The molecule has 1 rings (SSSR count). The van der Waals surface area contributed by atoms with Gasteiger partial charge >= 0.3 is 6.61 Å². The molecule has 92 valence electrons. The molecule has 1 amide bonds. The first-order valence-corrected chi connectivity index (χ1v) is 5.00. The van der Waals surface area contributed by atoms with Crippen molar-refractivity contribution in [3.05, 3.63) is 42.5 Å². The molecule has 5 heteroatoms. The van der Waals surface area contributed by atoms with Gasteiger partial charge in [0.05, 0.1) is 6.04 Å². The number of halogens is 2. The van der Waals surface area contributed by atoms with Gasteiger partial charge in [0.1, 0.15) is 5.75 Å². The van der Waals surface area contributed by atoms with Crippen molar-refractivity contribution < 1.29 is 18.3 Å². The van der Waals surface area contributed by atoms with Crippen molar-refractivity contribution in [1.82, 2.24) is 5.32 Å². The van der Waals surface area contributed by atoms with Gasteiger partial charge in [-0.25, -0.2) is 0 Å². The molecule has 0 saturated heterocycles. The molecule has 0 radical (unpaired) electrons. The van der Waals surface area contributed by atoms with Crippen molar-refractivity contribution in [3.63, 3.8) is 0 Å². The zero-order valence-electron chi connectivity index (χ0n) is 9.32. The van der Waals surface area contributed by atoms with Crippen LogP contribution in [0.3, 0.4) is 0 Å². The Kier molecular flexibility index (Phi) is 4.63. The fraction of sp³-hybridized carbons (Fsp3) is 0.250. The summed E-state index contributed by atoms with van der Waals surface area (Å²) >= 11 is 0. The van der Waals surface area contributed by atoms with Crippen LogP contribution >= 0.6 is 0 Å². The minimum Gasteiger partial charge on any atom is -0.435 e. The number of carbonyl (C=O) groups excluding carboxylic acids is 1. The normalized spacial score (nSPS) is 12.0. The van der Waals surface area contributed by atoms with Crippen LogP contribution < -0.4 is 10.1 Å². The molecule has 0 fully saturated rings. The molecule has 0 aliphatic rings. The predicted molar refractivity (Wildman–Crippen MR) is 59.8 cm³/mol. The summed E-state index contributed by atoms with van der Waals surface area (Å²) in [4.78, 5) is 11.1. The molecule has 0 aromatic heterocycles. The number of amides is 1. The van der Waals surface area contributed by atoms with Crippen molar-refractivity contribution in [2.24, 2.45) is 0 Å². The van der Waals surface area contributed by atoms with E-state index in [-0.39, 0.29) is 17.7 Å². The van der Waals surface area contributed by atoms with E-state index in [0.29, 0.717) is 5.56 Å². The highest BCUT2D eigenvalue weighted by Gasteiger charge is 2.10. The monoisotopic (exact) mass is 241 g/mol. The lowest BCUT2D eigenvalue weighted by atomic mass is 10.1. The van der Waals surface area contributed by atoms with Gasteiger partial charge in [-0.3, -0.25) is 4.79 Å². The number of hydrogen-bond donors (Lipinski definition) is 1. The van der Waals surface area contributed by atoms with E-state index >= 15 is 0 Å². The molecule has 1 N–H and O–H groups in total. The van der Waals surface area contributed by atoms with Crippen LogP contribution in [0, 0.1) is 0 Å². The maximum Gasteiger partial charge on any atom is 0.387 e. The Hall–Kier alpha value is -1.91. The molecule has 3 nitrogen and oxygen atoms in total. The van der Waals surface area contributed by atoms with E-state index in [9.17, 15) is 13.6 Å². The SMILES string of the molecule is C=CC(=O)NC(C)c1cccc(OC(F)F)c1. The van der Waals surface area contributed by atoms with Gasteiger partial charge < -0.3 is 10.1 Å². The Balaban J connectivity index is 2.76. The molecule has 1 unspecified atom stereocenters. The summed E-state index contributed by atoms with van der Waals surface area (Å²) in [5.41, 5.74) is 0.679. The summed E-state index contributed by atoms with van der Waals surface area (Å²) in [7, 11) is 0. The van der Waals surface area contributed by atoms with E-state index in [1.54, 1.807) is 19.1 Å². The summed E-state index contributed by atoms with van der Waals surface area (Å²) in [6.07, 6.45) is 1.15. The molecule has 0 heterocycles. The number of benzene rings is 1. The van der Waals surface area contributed by atoms with Crippen molar-refractivity contribution in [2.45, 2.75) is 19.6 Å². The average molecular weight is 241 g/mol. The smallest absolute Gasteiger partial charge is 0.387 e. The third kappa shape index (κ3) is 4.22. The minimum absolute atomic E-state index is 0.0669. The quantitative estimate of drug-likeness (QED) is 0.805. The van der Waals surface area contributed by atoms with E-state index in [1.807, 2.05) is 0 Å². The van der Waals surface area contributed by atoms with Gasteiger partial charge in [0.2, 0.25) is 5.91 Å². The number of ether oxygens (including phenoxy) is 1. The second kappa shape index (κ2) is 5.98. The molecular weight excluding hydrogens is 228 g/mol. The first-order valence-electron chi connectivity index (χ1n) is 5.00. The Morgan fingerprint density at radius 3 is 2.82 bits per heavy atom. The summed E-state index contributed by atoms with van der Waals surface area (Å²) in [6.45, 7) is 2.21. The van der Waals surface area contributed by atoms with Crippen LogP contribution in [0.5, 0.6) is 5.75 Å². The molecule has 1 atom stereocenters. The Bertz CT molecular complexity index is 407. The molecule has 1 aromatic rings. The Labute approximate surface area is 98.1 Å². The van der Waals surface area contributed by atoms with Crippen LogP contribution in [0.4, 0.5) is 8.78 Å². The van der Waals surface area contributed by atoms with Gasteiger partial charge in [-0.2, -0.15) is 8.78 Å².